The number of carbonyl (C=O) groups is 1. The van der Waals surface area contributed by atoms with Crippen molar-refractivity contribution in [3.8, 4) is 16.9 Å². The molecular formula is C30H32F3N3O4S. The summed E-state index contributed by atoms with van der Waals surface area (Å²) in [5.74, 6) is 0.0436. The number of hydrogen-bond donors (Lipinski definition) is 1. The number of fused-ring (bicyclic) bond motifs is 1. The Morgan fingerprint density at radius 3 is 2.54 bits per heavy atom. The molecule has 0 amide bonds. The smallest absolute Gasteiger partial charge is 0.488 e. The molecule has 0 aliphatic heterocycles. The van der Waals surface area contributed by atoms with E-state index in [9.17, 15) is 22.2 Å². The Kier molecular flexibility index (Phi) is 9.18. The fraction of sp³-hybridized carbons (Fsp3) is 0.333. The van der Waals surface area contributed by atoms with Gasteiger partial charge < -0.3 is 9.47 Å². The molecule has 1 N–H and O–H groups in total. The highest BCUT2D eigenvalue weighted by molar-refractivity contribution is 7.84. The highest BCUT2D eigenvalue weighted by Crippen LogP contribution is 2.36. The minimum absolute atomic E-state index is 0.0129. The largest absolute Gasteiger partial charge is 0.489 e. The first kappa shape index (κ1) is 30.3. The van der Waals surface area contributed by atoms with E-state index < -0.39 is 28.0 Å². The van der Waals surface area contributed by atoms with E-state index >= 15 is 0 Å². The van der Waals surface area contributed by atoms with Crippen molar-refractivity contribution < 1.29 is 31.6 Å². The number of carbonyl (C=O) groups excluding carboxylic acids is 1. The second-order valence-electron chi connectivity index (χ2n) is 10.3. The van der Waals surface area contributed by atoms with Crippen LogP contribution in [0, 0.1) is 0 Å². The van der Waals surface area contributed by atoms with Crippen molar-refractivity contribution in [2.45, 2.75) is 58.3 Å². The van der Waals surface area contributed by atoms with Crippen LogP contribution in [-0.2, 0) is 46.4 Å². The molecular weight excluding hydrogens is 555 g/mol. The maximum atomic E-state index is 13.9. The predicted molar refractivity (Wildman–Crippen MR) is 152 cm³/mol. The number of halogens is 3. The van der Waals surface area contributed by atoms with Crippen molar-refractivity contribution in [2.24, 2.45) is 0 Å². The minimum atomic E-state index is -4.62. The van der Waals surface area contributed by atoms with Crippen LogP contribution in [0.3, 0.4) is 0 Å². The fourth-order valence-electron chi connectivity index (χ4n) is 4.26. The number of rotatable bonds is 10. The minimum Gasteiger partial charge on any atom is -0.489 e. The number of hydrogen-bond acceptors (Lipinski definition) is 5. The molecule has 1 atom stereocenters. The van der Waals surface area contributed by atoms with E-state index in [0.717, 1.165) is 6.20 Å². The van der Waals surface area contributed by atoms with E-state index in [1.165, 1.54) is 12.1 Å². The second-order valence-corrected chi connectivity index (χ2v) is 12.4. The van der Waals surface area contributed by atoms with Gasteiger partial charge in [-0.25, -0.2) is 8.93 Å². The van der Waals surface area contributed by atoms with Crippen LogP contribution in [0.25, 0.3) is 22.0 Å². The van der Waals surface area contributed by atoms with Crippen LogP contribution in [0.15, 0.2) is 67.0 Å². The summed E-state index contributed by atoms with van der Waals surface area (Å²) < 4.78 is 67.9. The number of benzene rings is 2. The number of ether oxygens (including phenoxy) is 2. The van der Waals surface area contributed by atoms with Crippen molar-refractivity contribution in [3.63, 3.8) is 0 Å². The molecule has 0 saturated carbocycles. The lowest BCUT2D eigenvalue weighted by Crippen LogP contribution is -2.33. The number of aromatic nitrogens is 2. The van der Waals surface area contributed by atoms with Gasteiger partial charge in [-0.1, -0.05) is 18.2 Å². The first-order valence-corrected chi connectivity index (χ1v) is 14.2. The molecule has 7 nitrogen and oxygen atoms in total. The summed E-state index contributed by atoms with van der Waals surface area (Å²) >= 11 is 0. The van der Waals surface area contributed by atoms with Gasteiger partial charge in [0.15, 0.2) is 0 Å². The van der Waals surface area contributed by atoms with Gasteiger partial charge in [0.05, 0.1) is 46.5 Å². The Morgan fingerprint density at radius 1 is 1.07 bits per heavy atom. The predicted octanol–water partition coefficient (Wildman–Crippen LogP) is 6.42. The number of pyridine rings is 1. The number of nitrogens with zero attached hydrogens (tertiary/aromatic N) is 2. The van der Waals surface area contributed by atoms with Crippen LogP contribution >= 0.6 is 0 Å². The molecule has 0 spiro atoms. The lowest BCUT2D eigenvalue weighted by Gasteiger charge is -2.18. The fourth-order valence-corrected chi connectivity index (χ4v) is 4.97. The highest BCUT2D eigenvalue weighted by atomic mass is 32.2. The summed E-state index contributed by atoms with van der Waals surface area (Å²) in [4.78, 5) is 16.4. The third-order valence-corrected chi connectivity index (χ3v) is 7.74. The summed E-state index contributed by atoms with van der Waals surface area (Å²) in [5.41, 5.74) is 2.94. The zero-order chi connectivity index (χ0) is 29.8. The summed E-state index contributed by atoms with van der Waals surface area (Å²) in [5, 5.41) is 0.414. The van der Waals surface area contributed by atoms with Crippen LogP contribution in [0.4, 0.5) is 13.2 Å². The van der Waals surface area contributed by atoms with Crippen molar-refractivity contribution in [1.29, 1.82) is 0 Å². The van der Waals surface area contributed by atoms with Gasteiger partial charge in [-0.2, -0.15) is 0 Å². The van der Waals surface area contributed by atoms with Gasteiger partial charge in [-0.05, 0) is 80.8 Å². The zero-order valence-electron chi connectivity index (χ0n) is 23.2. The molecule has 0 aliphatic rings. The Labute approximate surface area is 239 Å². The maximum absolute atomic E-state index is 13.9. The third kappa shape index (κ3) is 7.53. The van der Waals surface area contributed by atoms with Gasteiger partial charge in [0.1, 0.15) is 12.4 Å². The lowest BCUT2D eigenvalue weighted by molar-refractivity contribution is -0.200. The van der Waals surface area contributed by atoms with Gasteiger partial charge >= 0.3 is 12.3 Å². The quantitative estimate of drug-likeness (QED) is 0.217. The van der Waals surface area contributed by atoms with Crippen LogP contribution in [0.2, 0.25) is 0 Å². The maximum Gasteiger partial charge on any atom is 0.488 e. The van der Waals surface area contributed by atoms with Crippen LogP contribution < -0.4 is 9.46 Å². The molecule has 0 saturated heterocycles. The molecule has 2 aromatic heterocycles. The average Bonchev–Trinajstić information content (AvgIpc) is 3.35. The molecule has 4 aromatic rings. The van der Waals surface area contributed by atoms with E-state index in [1.54, 1.807) is 55.6 Å². The van der Waals surface area contributed by atoms with Gasteiger partial charge in [0.2, 0.25) is 0 Å². The summed E-state index contributed by atoms with van der Waals surface area (Å²) in [6, 6.07) is 15.2. The molecule has 0 unspecified atom stereocenters. The summed E-state index contributed by atoms with van der Waals surface area (Å²) in [6.45, 7) is 7.73. The molecule has 0 aliphatic carbocycles. The van der Waals surface area contributed by atoms with Crippen molar-refractivity contribution in [3.05, 3.63) is 83.8 Å². The molecule has 4 rings (SSSR count). The molecule has 11 heteroatoms. The van der Waals surface area contributed by atoms with E-state index in [-0.39, 0.29) is 36.3 Å². The number of alkyl halides is 3. The second kappa shape index (κ2) is 12.4. The van der Waals surface area contributed by atoms with Crippen LogP contribution in [0.1, 0.15) is 44.5 Å². The first-order chi connectivity index (χ1) is 19.4. The number of esters is 1. The summed E-state index contributed by atoms with van der Waals surface area (Å²) in [7, 11) is -1.31. The Balaban J connectivity index is 1.69. The number of nitrogens with one attached hydrogen (secondary N) is 1. The first-order valence-electron chi connectivity index (χ1n) is 13.0. The van der Waals surface area contributed by atoms with E-state index in [1.807, 2.05) is 20.8 Å². The molecule has 2 aromatic carbocycles. The van der Waals surface area contributed by atoms with Gasteiger partial charge in [-0.15, -0.1) is 13.2 Å². The average molecular weight is 588 g/mol. The third-order valence-electron chi connectivity index (χ3n) is 6.22. The lowest BCUT2D eigenvalue weighted by atomic mass is 9.99. The molecule has 0 bridgehead atoms. The van der Waals surface area contributed by atoms with Gasteiger partial charge in [0.25, 0.3) is 0 Å². The molecule has 218 valence electrons. The molecule has 0 radical (unpaired) electrons. The zero-order valence-corrected chi connectivity index (χ0v) is 24.1. The Hall–Kier alpha value is -3.70. The number of para-hydroxylation sites is 1. The summed E-state index contributed by atoms with van der Waals surface area (Å²) in [6.07, 6.45) is -2.02. The van der Waals surface area contributed by atoms with E-state index in [4.69, 9.17) is 9.47 Å². The van der Waals surface area contributed by atoms with E-state index in [0.29, 0.717) is 39.1 Å². The molecule has 0 fully saturated rings. The van der Waals surface area contributed by atoms with Gasteiger partial charge in [0, 0.05) is 23.3 Å². The monoisotopic (exact) mass is 587 g/mol. The Bertz CT molecular complexity index is 1560. The van der Waals surface area contributed by atoms with Gasteiger partial charge in [-0.3, -0.25) is 14.3 Å². The van der Waals surface area contributed by atoms with Crippen LogP contribution in [-0.4, -0.2) is 31.1 Å². The van der Waals surface area contributed by atoms with Crippen molar-refractivity contribution in [2.75, 3.05) is 6.61 Å². The normalized spacial score (nSPS) is 12.9. The van der Waals surface area contributed by atoms with Crippen molar-refractivity contribution in [1.82, 2.24) is 14.3 Å². The molecule has 41 heavy (non-hydrogen) atoms. The van der Waals surface area contributed by atoms with Crippen LogP contribution in [0.5, 0.6) is 5.75 Å². The highest BCUT2D eigenvalue weighted by Gasteiger charge is 2.32. The standard InChI is InChI=1S/C30H32F3N3O4S/c1-5-39-28(37)17-22-8-6-7-9-27(22)40-19-20-14-25(24-11-13-36(26(24)15-20)30(31,32)33)21-10-12-34-23(16-21)18-35-41(38)29(2,3)4/h6-16,35H,5,17-19H2,1-4H3/t41-/m0/s1. The molecule has 2 heterocycles. The SMILES string of the molecule is CCOC(=O)Cc1ccccc1OCc1cc(-c2ccnc(CN[S@@](=O)C(C)(C)C)c2)c2ccn(C(F)(F)F)c2c1. The topological polar surface area (TPSA) is 82.5 Å². The van der Waals surface area contributed by atoms with E-state index in [2.05, 4.69) is 9.71 Å². The Morgan fingerprint density at radius 2 is 1.83 bits per heavy atom. The van der Waals surface area contributed by atoms with Crippen molar-refractivity contribution >= 4 is 27.9 Å².